The second-order valence-electron chi connectivity index (χ2n) is 6.32. The van der Waals surface area contributed by atoms with Gasteiger partial charge < -0.3 is 5.11 Å². The van der Waals surface area contributed by atoms with Crippen LogP contribution in [-0.2, 0) is 6.42 Å². The Hall–Kier alpha value is -0.900. The third-order valence-electron chi connectivity index (χ3n) is 4.71. The van der Waals surface area contributed by atoms with E-state index in [1.54, 1.807) is 11.3 Å². The average molecular weight is 289 g/mol. The molecule has 1 aromatic heterocycles. The van der Waals surface area contributed by atoms with Crippen LogP contribution >= 0.6 is 11.3 Å². The molecule has 1 aliphatic heterocycles. The molecule has 1 aliphatic rings. The molecule has 3 rings (SSSR count). The second kappa shape index (κ2) is 5.47. The van der Waals surface area contributed by atoms with Crippen LogP contribution in [0.25, 0.3) is 10.1 Å². The number of hydrogen-bond acceptors (Lipinski definition) is 3. The van der Waals surface area contributed by atoms with Crippen molar-refractivity contribution < 1.29 is 5.11 Å². The lowest BCUT2D eigenvalue weighted by molar-refractivity contribution is 0.00359. The first-order valence-corrected chi connectivity index (χ1v) is 8.35. The zero-order valence-electron chi connectivity index (χ0n) is 12.3. The van der Waals surface area contributed by atoms with Gasteiger partial charge in [-0.25, -0.2) is 0 Å². The Morgan fingerprint density at radius 3 is 2.70 bits per heavy atom. The zero-order chi connectivity index (χ0) is 14.2. The molecule has 1 fully saturated rings. The molecule has 0 amide bonds. The van der Waals surface area contributed by atoms with Gasteiger partial charge in [0.2, 0.25) is 0 Å². The van der Waals surface area contributed by atoms with Gasteiger partial charge in [-0.3, -0.25) is 4.90 Å². The van der Waals surface area contributed by atoms with Crippen LogP contribution in [0.4, 0.5) is 0 Å². The van der Waals surface area contributed by atoms with Gasteiger partial charge in [-0.15, -0.1) is 11.3 Å². The Morgan fingerprint density at radius 2 is 1.95 bits per heavy atom. The largest absolute Gasteiger partial charge is 0.391 e. The fraction of sp³-hybridized carbons (Fsp3) is 0.529. The number of thiophene rings is 1. The summed E-state index contributed by atoms with van der Waals surface area (Å²) in [6, 6.07) is 8.47. The molecule has 1 atom stereocenters. The molecule has 1 N–H and O–H groups in total. The Labute approximate surface area is 125 Å². The van der Waals surface area contributed by atoms with Gasteiger partial charge in [0.1, 0.15) is 0 Å². The molecule has 2 nitrogen and oxygen atoms in total. The minimum atomic E-state index is -0.321. The lowest BCUT2D eigenvalue weighted by atomic mass is 9.90. The van der Waals surface area contributed by atoms with Crippen LogP contribution in [-0.4, -0.2) is 34.7 Å². The van der Waals surface area contributed by atoms with Crippen molar-refractivity contribution in [3.05, 3.63) is 35.2 Å². The normalized spacial score (nSPS) is 18.8. The Balaban J connectivity index is 1.79. The number of aliphatic hydroxyl groups is 1. The van der Waals surface area contributed by atoms with Crippen molar-refractivity contribution >= 4 is 21.4 Å². The van der Waals surface area contributed by atoms with Crippen LogP contribution in [0.2, 0.25) is 0 Å². The Morgan fingerprint density at radius 1 is 1.25 bits per heavy atom. The van der Waals surface area contributed by atoms with Crippen molar-refractivity contribution in [1.82, 2.24) is 4.90 Å². The van der Waals surface area contributed by atoms with E-state index in [9.17, 15) is 5.11 Å². The maximum absolute atomic E-state index is 10.7. The van der Waals surface area contributed by atoms with Crippen molar-refractivity contribution in [2.45, 2.75) is 44.8 Å². The molecule has 0 aliphatic carbocycles. The van der Waals surface area contributed by atoms with Gasteiger partial charge in [-0.05, 0) is 62.2 Å². The van der Waals surface area contributed by atoms with Crippen molar-refractivity contribution in [2.24, 2.45) is 0 Å². The number of hydrogen-bond donors (Lipinski definition) is 1. The number of likely N-dealkylation sites (tertiary alicyclic amines) is 1. The lowest BCUT2D eigenvalue weighted by Crippen LogP contribution is -2.51. The van der Waals surface area contributed by atoms with Crippen molar-refractivity contribution in [3.63, 3.8) is 0 Å². The summed E-state index contributed by atoms with van der Waals surface area (Å²) in [5, 5.41) is 14.2. The summed E-state index contributed by atoms with van der Waals surface area (Å²) in [4.78, 5) is 2.44. The monoisotopic (exact) mass is 289 g/mol. The summed E-state index contributed by atoms with van der Waals surface area (Å²) >= 11 is 1.77. The number of benzene rings is 1. The van der Waals surface area contributed by atoms with Crippen LogP contribution in [0.1, 0.15) is 32.3 Å². The van der Waals surface area contributed by atoms with E-state index in [0.717, 1.165) is 19.5 Å². The molecule has 2 heterocycles. The molecule has 0 spiro atoms. The van der Waals surface area contributed by atoms with E-state index in [1.165, 1.54) is 28.5 Å². The van der Waals surface area contributed by atoms with Gasteiger partial charge in [0, 0.05) is 16.7 Å². The molecule has 1 unspecified atom stereocenters. The maximum atomic E-state index is 10.7. The highest BCUT2D eigenvalue weighted by Crippen LogP contribution is 2.30. The van der Waals surface area contributed by atoms with Gasteiger partial charge in [0.15, 0.2) is 0 Å². The summed E-state index contributed by atoms with van der Waals surface area (Å²) in [6.45, 7) is 6.60. The molecule has 1 aromatic carbocycles. The molecule has 1 saturated heterocycles. The predicted octanol–water partition coefficient (Wildman–Crippen LogP) is 3.68. The Kier molecular flexibility index (Phi) is 3.85. The number of nitrogens with zero attached hydrogens (tertiary/aromatic N) is 1. The highest BCUT2D eigenvalue weighted by atomic mass is 32.1. The van der Waals surface area contributed by atoms with Crippen LogP contribution in [0.5, 0.6) is 0 Å². The molecular formula is C17H23NOS. The molecular weight excluding hydrogens is 266 g/mol. The Bertz CT molecular complexity index is 583. The van der Waals surface area contributed by atoms with Crippen molar-refractivity contribution in [1.29, 1.82) is 0 Å². The molecule has 0 saturated carbocycles. The number of aliphatic hydroxyl groups excluding tert-OH is 1. The van der Waals surface area contributed by atoms with E-state index in [2.05, 4.69) is 48.4 Å². The first-order valence-electron chi connectivity index (χ1n) is 7.47. The van der Waals surface area contributed by atoms with Crippen LogP contribution in [0.3, 0.4) is 0 Å². The highest BCUT2D eigenvalue weighted by Gasteiger charge is 2.35. The minimum absolute atomic E-state index is 0.139. The predicted molar refractivity (Wildman–Crippen MR) is 86.4 cm³/mol. The second-order valence-corrected chi connectivity index (χ2v) is 7.24. The fourth-order valence-corrected chi connectivity index (χ4v) is 4.13. The van der Waals surface area contributed by atoms with E-state index >= 15 is 0 Å². The topological polar surface area (TPSA) is 23.5 Å². The molecule has 0 radical (unpaired) electrons. The van der Waals surface area contributed by atoms with Crippen molar-refractivity contribution in [3.8, 4) is 0 Å². The first-order chi connectivity index (χ1) is 9.59. The number of fused-ring (bicyclic) bond motifs is 1. The van der Waals surface area contributed by atoms with Crippen LogP contribution in [0.15, 0.2) is 29.6 Å². The van der Waals surface area contributed by atoms with E-state index in [0.29, 0.717) is 0 Å². The summed E-state index contributed by atoms with van der Waals surface area (Å²) in [5.41, 5.74) is 1.14. The summed E-state index contributed by atoms with van der Waals surface area (Å²) in [6.07, 6.45) is 2.95. The molecule has 20 heavy (non-hydrogen) atoms. The number of rotatable bonds is 4. The SMILES string of the molecule is CC(C)(C(O)Cc1csc2ccccc12)N1CCCC1. The van der Waals surface area contributed by atoms with Crippen molar-refractivity contribution in [2.75, 3.05) is 13.1 Å². The van der Waals surface area contributed by atoms with Crippen LogP contribution in [0, 0.1) is 0 Å². The quantitative estimate of drug-likeness (QED) is 0.928. The van der Waals surface area contributed by atoms with Gasteiger partial charge in [0.25, 0.3) is 0 Å². The van der Waals surface area contributed by atoms with Gasteiger partial charge in [0.05, 0.1) is 6.10 Å². The van der Waals surface area contributed by atoms with E-state index in [1.807, 2.05) is 0 Å². The van der Waals surface area contributed by atoms with Gasteiger partial charge >= 0.3 is 0 Å². The average Bonchev–Trinajstić information content (AvgIpc) is 3.09. The zero-order valence-corrected chi connectivity index (χ0v) is 13.1. The maximum Gasteiger partial charge on any atom is 0.0759 e. The third-order valence-corrected chi connectivity index (χ3v) is 5.72. The smallest absolute Gasteiger partial charge is 0.0759 e. The van der Waals surface area contributed by atoms with Gasteiger partial charge in [-0.1, -0.05) is 18.2 Å². The minimum Gasteiger partial charge on any atom is -0.391 e. The highest BCUT2D eigenvalue weighted by molar-refractivity contribution is 7.17. The summed E-state index contributed by atoms with van der Waals surface area (Å²) in [7, 11) is 0. The summed E-state index contributed by atoms with van der Waals surface area (Å²) < 4.78 is 1.31. The molecule has 0 bridgehead atoms. The molecule has 108 valence electrons. The third kappa shape index (κ3) is 2.50. The van der Waals surface area contributed by atoms with E-state index in [-0.39, 0.29) is 11.6 Å². The fourth-order valence-electron chi connectivity index (χ4n) is 3.15. The standard InChI is InChI=1S/C17H23NOS/c1-17(2,18-9-5-6-10-18)16(19)11-13-12-20-15-8-4-3-7-14(13)15/h3-4,7-8,12,16,19H,5-6,9-11H2,1-2H3. The molecule has 3 heteroatoms. The van der Waals surface area contributed by atoms with Crippen LogP contribution < -0.4 is 0 Å². The summed E-state index contributed by atoms with van der Waals surface area (Å²) in [5.74, 6) is 0. The first kappa shape index (κ1) is 14.1. The van der Waals surface area contributed by atoms with E-state index < -0.39 is 0 Å². The van der Waals surface area contributed by atoms with Gasteiger partial charge in [-0.2, -0.15) is 0 Å². The van der Waals surface area contributed by atoms with E-state index in [4.69, 9.17) is 0 Å². The lowest BCUT2D eigenvalue weighted by Gasteiger charge is -2.39. The molecule has 2 aromatic rings.